The van der Waals surface area contributed by atoms with Gasteiger partial charge in [0.15, 0.2) is 0 Å². The zero-order valence-electron chi connectivity index (χ0n) is 10.6. The number of rotatable bonds is 5. The van der Waals surface area contributed by atoms with E-state index in [2.05, 4.69) is 10.4 Å². The lowest BCUT2D eigenvalue weighted by atomic mass is 10.1. The van der Waals surface area contributed by atoms with Crippen LogP contribution in [0.5, 0.6) is 0 Å². The van der Waals surface area contributed by atoms with E-state index in [-0.39, 0.29) is 6.61 Å². The fraction of sp³-hybridized carbons (Fsp3) is 0.308. The van der Waals surface area contributed by atoms with Crippen molar-refractivity contribution in [1.82, 2.24) is 9.78 Å². The van der Waals surface area contributed by atoms with Gasteiger partial charge < -0.3 is 10.4 Å². The minimum atomic E-state index is -4.31. The number of halogens is 3. The van der Waals surface area contributed by atoms with Gasteiger partial charge in [-0.15, -0.1) is 0 Å². The molecule has 1 heterocycles. The predicted molar refractivity (Wildman–Crippen MR) is 68.1 cm³/mol. The van der Waals surface area contributed by atoms with Crippen molar-refractivity contribution in [3.8, 4) is 0 Å². The van der Waals surface area contributed by atoms with Crippen molar-refractivity contribution in [2.75, 3.05) is 11.9 Å². The third-order valence-electron chi connectivity index (χ3n) is 2.74. The van der Waals surface area contributed by atoms with E-state index in [1.807, 2.05) is 0 Å². The lowest BCUT2D eigenvalue weighted by Gasteiger charge is -2.08. The molecule has 4 nitrogen and oxygen atoms in total. The van der Waals surface area contributed by atoms with Crippen LogP contribution in [0.15, 0.2) is 36.7 Å². The van der Waals surface area contributed by atoms with Crippen LogP contribution in [0, 0.1) is 0 Å². The Balaban J connectivity index is 1.93. The summed E-state index contributed by atoms with van der Waals surface area (Å²) in [5.74, 6) is 0. The van der Waals surface area contributed by atoms with Gasteiger partial charge in [0, 0.05) is 12.7 Å². The average Bonchev–Trinajstić information content (AvgIpc) is 2.84. The first-order valence-electron chi connectivity index (χ1n) is 6.02. The second kappa shape index (κ2) is 5.96. The molecule has 108 valence electrons. The molecule has 0 atom stereocenters. The van der Waals surface area contributed by atoms with E-state index < -0.39 is 11.7 Å². The van der Waals surface area contributed by atoms with Gasteiger partial charge in [-0.25, -0.2) is 0 Å². The van der Waals surface area contributed by atoms with Crippen LogP contribution in [0.4, 0.5) is 18.9 Å². The van der Waals surface area contributed by atoms with E-state index >= 15 is 0 Å². The van der Waals surface area contributed by atoms with Crippen LogP contribution in [-0.4, -0.2) is 21.5 Å². The highest BCUT2D eigenvalue weighted by atomic mass is 19.4. The normalized spacial score (nSPS) is 11.6. The van der Waals surface area contributed by atoms with E-state index in [4.69, 9.17) is 5.11 Å². The highest BCUT2D eigenvalue weighted by Gasteiger charge is 2.29. The highest BCUT2D eigenvalue weighted by molar-refractivity contribution is 5.39. The molecular formula is C13H14F3N3O. The summed E-state index contributed by atoms with van der Waals surface area (Å²) in [7, 11) is 0. The maximum Gasteiger partial charge on any atom is 0.416 e. The largest absolute Gasteiger partial charge is 0.416 e. The minimum Gasteiger partial charge on any atom is -0.394 e. The van der Waals surface area contributed by atoms with Gasteiger partial charge in [-0.05, 0) is 17.7 Å². The molecule has 1 aromatic heterocycles. The molecule has 0 aliphatic carbocycles. The summed E-state index contributed by atoms with van der Waals surface area (Å²) in [5, 5.41) is 15.8. The molecule has 0 saturated heterocycles. The number of hydrogen-bond donors (Lipinski definition) is 2. The van der Waals surface area contributed by atoms with Crippen LogP contribution >= 0.6 is 0 Å². The first-order valence-corrected chi connectivity index (χ1v) is 6.02. The summed E-state index contributed by atoms with van der Waals surface area (Å²) < 4.78 is 38.8. The van der Waals surface area contributed by atoms with Crippen molar-refractivity contribution in [1.29, 1.82) is 0 Å². The summed E-state index contributed by atoms with van der Waals surface area (Å²) in [6.45, 7) is 0.810. The highest BCUT2D eigenvalue weighted by Crippen LogP contribution is 2.29. The van der Waals surface area contributed by atoms with Crippen molar-refractivity contribution >= 4 is 5.69 Å². The topological polar surface area (TPSA) is 50.1 Å². The molecule has 2 N–H and O–H groups in total. The Bertz CT molecular complexity index is 549. The molecule has 0 bridgehead atoms. The van der Waals surface area contributed by atoms with Crippen molar-refractivity contribution < 1.29 is 18.3 Å². The molecule has 0 aliphatic heterocycles. The summed E-state index contributed by atoms with van der Waals surface area (Å²) in [6, 6.07) is 5.00. The number of aromatic nitrogens is 2. The van der Waals surface area contributed by atoms with E-state index in [0.717, 1.165) is 23.4 Å². The van der Waals surface area contributed by atoms with Crippen LogP contribution in [-0.2, 0) is 19.3 Å². The van der Waals surface area contributed by atoms with Crippen LogP contribution in [0.25, 0.3) is 0 Å². The zero-order chi connectivity index (χ0) is 14.6. The molecule has 0 radical (unpaired) electrons. The summed E-state index contributed by atoms with van der Waals surface area (Å²) in [4.78, 5) is 0. The summed E-state index contributed by atoms with van der Waals surface area (Å²) >= 11 is 0. The number of aliphatic hydroxyl groups is 1. The predicted octanol–water partition coefficient (Wildman–Crippen LogP) is 2.51. The van der Waals surface area contributed by atoms with Crippen LogP contribution in [0.3, 0.4) is 0 Å². The maximum absolute atomic E-state index is 12.4. The number of nitrogens with zero attached hydrogens (tertiary/aromatic N) is 2. The fourth-order valence-corrected chi connectivity index (χ4v) is 1.70. The molecule has 0 saturated carbocycles. The molecule has 0 spiro atoms. The Kier molecular flexibility index (Phi) is 4.29. The lowest BCUT2D eigenvalue weighted by molar-refractivity contribution is -0.137. The number of alkyl halides is 3. The Morgan fingerprint density at radius 2 is 1.90 bits per heavy atom. The van der Waals surface area contributed by atoms with Crippen molar-refractivity contribution in [3.05, 3.63) is 47.8 Å². The molecule has 20 heavy (non-hydrogen) atoms. The third-order valence-corrected chi connectivity index (χ3v) is 2.74. The van der Waals surface area contributed by atoms with Gasteiger partial charge in [-0.3, -0.25) is 4.68 Å². The second-order valence-corrected chi connectivity index (χ2v) is 4.26. The molecule has 2 aromatic rings. The quantitative estimate of drug-likeness (QED) is 0.887. The number of aliphatic hydroxyl groups excluding tert-OH is 1. The van der Waals surface area contributed by atoms with Crippen molar-refractivity contribution in [3.63, 3.8) is 0 Å². The van der Waals surface area contributed by atoms with Crippen LogP contribution in [0.2, 0.25) is 0 Å². The SMILES string of the molecule is OCCn1cc(NCc2ccc(C(F)(F)F)cc2)cn1. The van der Waals surface area contributed by atoms with Gasteiger partial charge in [0.05, 0.1) is 30.6 Å². The van der Waals surface area contributed by atoms with E-state index in [0.29, 0.717) is 13.1 Å². The van der Waals surface area contributed by atoms with E-state index in [1.165, 1.54) is 12.1 Å². The Labute approximate surface area is 113 Å². The molecule has 0 unspecified atom stereocenters. The van der Waals surface area contributed by atoms with Gasteiger partial charge >= 0.3 is 6.18 Å². The first kappa shape index (κ1) is 14.4. The summed E-state index contributed by atoms with van der Waals surface area (Å²) in [6.07, 6.45) is -0.989. The van der Waals surface area contributed by atoms with Crippen LogP contribution in [0.1, 0.15) is 11.1 Å². The first-order chi connectivity index (χ1) is 9.49. The zero-order valence-corrected chi connectivity index (χ0v) is 10.6. The van der Waals surface area contributed by atoms with Crippen LogP contribution < -0.4 is 5.32 Å². The molecule has 0 aliphatic rings. The second-order valence-electron chi connectivity index (χ2n) is 4.26. The van der Waals surface area contributed by atoms with Gasteiger partial charge in [-0.2, -0.15) is 18.3 Å². The smallest absolute Gasteiger partial charge is 0.394 e. The van der Waals surface area contributed by atoms with E-state index in [1.54, 1.807) is 17.1 Å². The number of benzene rings is 1. The molecule has 0 amide bonds. The minimum absolute atomic E-state index is 0.0000242. The molecule has 0 fully saturated rings. The third kappa shape index (κ3) is 3.74. The number of anilines is 1. The van der Waals surface area contributed by atoms with Gasteiger partial charge in [0.25, 0.3) is 0 Å². The fourth-order valence-electron chi connectivity index (χ4n) is 1.70. The maximum atomic E-state index is 12.4. The number of hydrogen-bond acceptors (Lipinski definition) is 3. The van der Waals surface area contributed by atoms with Crippen molar-refractivity contribution in [2.24, 2.45) is 0 Å². The molecule has 1 aromatic carbocycles. The Morgan fingerprint density at radius 3 is 2.50 bits per heavy atom. The van der Waals surface area contributed by atoms with Gasteiger partial charge in [0.1, 0.15) is 0 Å². The number of nitrogens with one attached hydrogen (secondary N) is 1. The average molecular weight is 285 g/mol. The molecular weight excluding hydrogens is 271 g/mol. The standard InChI is InChI=1S/C13H14F3N3O/c14-13(15,16)11-3-1-10(2-4-11)7-17-12-8-18-19(9-12)5-6-20/h1-4,8-9,17,20H,5-7H2. The van der Waals surface area contributed by atoms with Gasteiger partial charge in [-0.1, -0.05) is 12.1 Å². The lowest BCUT2D eigenvalue weighted by Crippen LogP contribution is -2.05. The van der Waals surface area contributed by atoms with Gasteiger partial charge in [0.2, 0.25) is 0 Å². The van der Waals surface area contributed by atoms with E-state index in [9.17, 15) is 13.2 Å². The summed E-state index contributed by atoms with van der Waals surface area (Å²) in [5.41, 5.74) is 0.836. The Morgan fingerprint density at radius 1 is 1.20 bits per heavy atom. The molecule has 2 rings (SSSR count). The molecule has 7 heteroatoms. The Hall–Kier alpha value is -2.02. The monoisotopic (exact) mass is 285 g/mol. The van der Waals surface area contributed by atoms with Crippen molar-refractivity contribution in [2.45, 2.75) is 19.3 Å².